The van der Waals surface area contributed by atoms with Gasteiger partial charge in [-0.3, -0.25) is 15.0 Å². The van der Waals surface area contributed by atoms with E-state index in [1.165, 1.54) is 11.1 Å². The van der Waals surface area contributed by atoms with Crippen LogP contribution in [0.1, 0.15) is 52.9 Å². The fraction of sp³-hybridized carbons (Fsp3) is 0.464. The molecule has 0 bridgehead atoms. The number of nitriles is 1. The fourth-order valence-electron chi connectivity index (χ4n) is 5.51. The highest BCUT2D eigenvalue weighted by molar-refractivity contribution is 6.01. The van der Waals surface area contributed by atoms with Crippen LogP contribution in [-0.4, -0.2) is 78.7 Å². The van der Waals surface area contributed by atoms with Crippen LogP contribution in [0.15, 0.2) is 24.0 Å². The fourth-order valence-corrected chi connectivity index (χ4v) is 5.51. The number of nitrogens with zero attached hydrogens (tertiary/aromatic N) is 5. The Morgan fingerprint density at radius 3 is 2.95 bits per heavy atom. The van der Waals surface area contributed by atoms with E-state index in [0.717, 1.165) is 24.8 Å². The van der Waals surface area contributed by atoms with Crippen LogP contribution in [0.2, 0.25) is 0 Å². The maximum Gasteiger partial charge on any atom is 0.328 e. The smallest absolute Gasteiger partial charge is 0.328 e. The van der Waals surface area contributed by atoms with Gasteiger partial charge in [-0.15, -0.1) is 0 Å². The predicted octanol–water partition coefficient (Wildman–Crippen LogP) is 2.67. The maximum atomic E-state index is 13.4. The molecule has 208 valence electrons. The quantitative estimate of drug-likeness (QED) is 0.393. The van der Waals surface area contributed by atoms with Crippen molar-refractivity contribution >= 4 is 35.6 Å². The number of carbonyl (C=O) groups excluding carboxylic acids is 3. The number of carbonyl (C=O) groups is 2. The summed E-state index contributed by atoms with van der Waals surface area (Å²) in [7, 11) is 1.68. The number of hydrogen-bond donors (Lipinski definition) is 2. The molecule has 1 aliphatic carbocycles. The Labute approximate surface area is 232 Å². The first-order chi connectivity index (χ1) is 19.5. The minimum absolute atomic E-state index is 0.0508. The molecule has 0 radical (unpaired) electrons. The number of aldehydes is 1. The van der Waals surface area contributed by atoms with Crippen LogP contribution in [0.3, 0.4) is 0 Å². The van der Waals surface area contributed by atoms with Crippen molar-refractivity contribution in [2.75, 3.05) is 48.9 Å². The molecule has 2 aromatic rings. The average Bonchev–Trinajstić information content (AvgIpc) is 3.44. The standard InChI is InChI=1S/C28H31N7O5/c1-39-25-6-2-5-22(25)31-23-11-26(30-13-20(23)12-29)33-28(38)35-7-3-4-18-10-19(24(16-37)32-27(18)35)14-34-8-9-40-17-21(34)15-36/h10-11,13,16,22,25H,2-9,14,17H2,1H3,(H2,30,31,33,38)/t22-,25-/m1/s1. The highest BCUT2D eigenvalue weighted by Crippen LogP contribution is 2.30. The van der Waals surface area contributed by atoms with Crippen LogP contribution < -0.4 is 15.5 Å². The van der Waals surface area contributed by atoms with E-state index in [4.69, 9.17) is 9.47 Å². The van der Waals surface area contributed by atoms with Crippen molar-refractivity contribution in [1.29, 1.82) is 5.26 Å². The highest BCUT2D eigenvalue weighted by atomic mass is 16.5. The second kappa shape index (κ2) is 12.3. The second-order valence-corrected chi connectivity index (χ2v) is 10.0. The molecule has 2 amide bonds. The molecule has 2 aromatic heterocycles. The number of nitrogens with one attached hydrogen (secondary N) is 2. The van der Waals surface area contributed by atoms with Crippen molar-refractivity contribution in [3.05, 3.63) is 46.4 Å². The lowest BCUT2D eigenvalue weighted by molar-refractivity contribution is 0.0718. The predicted molar refractivity (Wildman–Crippen MR) is 146 cm³/mol. The van der Waals surface area contributed by atoms with Gasteiger partial charge in [0.1, 0.15) is 35.0 Å². The average molecular weight is 546 g/mol. The van der Waals surface area contributed by atoms with Gasteiger partial charge in [-0.1, -0.05) is 0 Å². The van der Waals surface area contributed by atoms with Gasteiger partial charge in [-0.25, -0.2) is 19.6 Å². The molecule has 5 rings (SSSR count). The van der Waals surface area contributed by atoms with Gasteiger partial charge >= 0.3 is 6.03 Å². The molecule has 2 aliphatic heterocycles. The topological polar surface area (TPSA) is 150 Å². The number of aromatic nitrogens is 2. The molecule has 3 aliphatic rings. The molecule has 4 heterocycles. The van der Waals surface area contributed by atoms with Crippen LogP contribution in [0, 0.1) is 11.3 Å². The molecule has 2 N–H and O–H groups in total. The van der Waals surface area contributed by atoms with Crippen molar-refractivity contribution in [3.8, 4) is 6.07 Å². The number of urea groups is 1. The van der Waals surface area contributed by atoms with Gasteiger partial charge in [0.25, 0.3) is 0 Å². The third-order valence-corrected chi connectivity index (χ3v) is 7.59. The van der Waals surface area contributed by atoms with Crippen LogP contribution in [0.25, 0.3) is 0 Å². The Morgan fingerprint density at radius 1 is 1.30 bits per heavy atom. The number of ether oxygens (including phenoxy) is 2. The number of morpholine rings is 1. The summed E-state index contributed by atoms with van der Waals surface area (Å²) < 4.78 is 10.9. The Bertz CT molecular complexity index is 1380. The Hall–Kier alpha value is -4.30. The summed E-state index contributed by atoms with van der Waals surface area (Å²) in [6.45, 7) is 1.91. The monoisotopic (exact) mass is 545 g/mol. The number of pyridine rings is 2. The molecular weight excluding hydrogens is 514 g/mol. The van der Waals surface area contributed by atoms with E-state index in [2.05, 4.69) is 26.7 Å². The summed E-state index contributed by atoms with van der Waals surface area (Å²) in [5.41, 5.74) is 3.09. The first-order valence-corrected chi connectivity index (χ1v) is 13.4. The number of methoxy groups -OCH3 is 1. The van der Waals surface area contributed by atoms with Gasteiger partial charge in [0.05, 0.1) is 36.6 Å². The Balaban J connectivity index is 1.35. The van der Waals surface area contributed by atoms with E-state index in [1.54, 1.807) is 13.2 Å². The molecule has 0 spiro atoms. The molecule has 0 unspecified atom stereocenters. The van der Waals surface area contributed by atoms with E-state index in [9.17, 15) is 19.6 Å². The van der Waals surface area contributed by atoms with Gasteiger partial charge < -0.3 is 19.7 Å². The van der Waals surface area contributed by atoms with Gasteiger partial charge in [-0.05, 0) is 43.7 Å². The summed E-state index contributed by atoms with van der Waals surface area (Å²) in [6.07, 6.45) is 6.45. The van der Waals surface area contributed by atoms with E-state index in [0.29, 0.717) is 79.5 Å². The van der Waals surface area contributed by atoms with Crippen molar-refractivity contribution in [2.24, 2.45) is 0 Å². The van der Waals surface area contributed by atoms with E-state index in [1.807, 2.05) is 16.9 Å². The SMILES string of the molecule is CO[C@@H]1CCC[C@H]1Nc1cc(NC(=O)N2CCCc3cc(CN4CCOCC4=C=O)c(C=O)nc32)ncc1C#N. The summed E-state index contributed by atoms with van der Waals surface area (Å²) in [6, 6.07) is 5.32. The zero-order valence-corrected chi connectivity index (χ0v) is 22.3. The first-order valence-electron chi connectivity index (χ1n) is 13.4. The lowest BCUT2D eigenvalue weighted by atomic mass is 10.0. The molecule has 2 atom stereocenters. The van der Waals surface area contributed by atoms with Crippen molar-refractivity contribution in [1.82, 2.24) is 14.9 Å². The van der Waals surface area contributed by atoms with Gasteiger partial charge in [0.15, 0.2) is 6.29 Å². The summed E-state index contributed by atoms with van der Waals surface area (Å²) in [5.74, 6) is 2.63. The second-order valence-electron chi connectivity index (χ2n) is 10.0. The Morgan fingerprint density at radius 2 is 2.17 bits per heavy atom. The maximum absolute atomic E-state index is 13.4. The van der Waals surface area contributed by atoms with Crippen molar-refractivity contribution < 1.29 is 23.9 Å². The number of amides is 2. The van der Waals surface area contributed by atoms with Crippen LogP contribution >= 0.6 is 0 Å². The summed E-state index contributed by atoms with van der Waals surface area (Å²) >= 11 is 0. The Kier molecular flexibility index (Phi) is 8.36. The zero-order chi connectivity index (χ0) is 28.1. The lowest BCUT2D eigenvalue weighted by Crippen LogP contribution is -2.40. The number of anilines is 3. The summed E-state index contributed by atoms with van der Waals surface area (Å²) in [5, 5.41) is 15.8. The minimum atomic E-state index is -0.434. The van der Waals surface area contributed by atoms with Crippen LogP contribution in [-0.2, 0) is 27.2 Å². The number of aryl methyl sites for hydroxylation is 1. The molecule has 0 aromatic carbocycles. The van der Waals surface area contributed by atoms with Crippen LogP contribution in [0.5, 0.6) is 0 Å². The van der Waals surface area contributed by atoms with E-state index >= 15 is 0 Å². The van der Waals surface area contributed by atoms with Gasteiger partial charge in [0.2, 0.25) is 0 Å². The van der Waals surface area contributed by atoms with E-state index in [-0.39, 0.29) is 24.4 Å². The summed E-state index contributed by atoms with van der Waals surface area (Å²) in [4.78, 5) is 48.9. The molecular formula is C28H31N7O5. The molecule has 12 nitrogen and oxygen atoms in total. The van der Waals surface area contributed by atoms with Crippen molar-refractivity contribution in [3.63, 3.8) is 0 Å². The van der Waals surface area contributed by atoms with Gasteiger partial charge in [0, 0.05) is 44.6 Å². The molecule has 1 saturated carbocycles. The highest BCUT2D eigenvalue weighted by Gasteiger charge is 2.29. The molecule has 2 fully saturated rings. The minimum Gasteiger partial charge on any atom is -0.379 e. The third kappa shape index (κ3) is 5.67. The third-order valence-electron chi connectivity index (χ3n) is 7.59. The zero-order valence-electron chi connectivity index (χ0n) is 22.3. The van der Waals surface area contributed by atoms with Gasteiger partial charge in [-0.2, -0.15) is 5.26 Å². The van der Waals surface area contributed by atoms with Crippen LogP contribution in [0.4, 0.5) is 22.1 Å². The first kappa shape index (κ1) is 27.3. The lowest BCUT2D eigenvalue weighted by Gasteiger charge is -2.31. The van der Waals surface area contributed by atoms with Crippen molar-refractivity contribution in [2.45, 2.75) is 50.8 Å². The number of hydrogen-bond acceptors (Lipinski definition) is 10. The number of rotatable bonds is 7. The van der Waals surface area contributed by atoms with E-state index < -0.39 is 6.03 Å². The molecule has 12 heteroatoms. The molecule has 40 heavy (non-hydrogen) atoms. The molecule has 1 saturated heterocycles. The largest absolute Gasteiger partial charge is 0.379 e. The number of fused-ring (bicyclic) bond motifs is 1. The normalized spacial score (nSPS) is 20.4.